The van der Waals surface area contributed by atoms with Crippen LogP contribution in [0.5, 0.6) is 0 Å². The van der Waals surface area contributed by atoms with E-state index in [1.807, 2.05) is 31.2 Å². The Bertz CT molecular complexity index is 967. The predicted octanol–water partition coefficient (Wildman–Crippen LogP) is 1.33. The SMILES string of the molecule is Cc1cccc(NC(=O)CCNC(=O)c2cc3ncc(CCO)cn3n2)c1. The molecule has 0 atom stereocenters. The minimum absolute atomic E-state index is 0.0203. The number of carbonyl (C=O) groups excluding carboxylic acids is 2. The summed E-state index contributed by atoms with van der Waals surface area (Å²) in [4.78, 5) is 28.4. The number of benzene rings is 1. The van der Waals surface area contributed by atoms with Gasteiger partial charge in [-0.15, -0.1) is 0 Å². The number of aromatic nitrogens is 3. The number of amides is 2. The molecule has 2 heterocycles. The second-order valence-electron chi connectivity index (χ2n) is 6.19. The summed E-state index contributed by atoms with van der Waals surface area (Å²) in [5.41, 5.74) is 3.38. The fourth-order valence-corrected chi connectivity index (χ4v) is 2.61. The molecule has 0 spiro atoms. The van der Waals surface area contributed by atoms with Gasteiger partial charge in [-0.25, -0.2) is 9.50 Å². The van der Waals surface area contributed by atoms with Crippen LogP contribution in [0.3, 0.4) is 0 Å². The highest BCUT2D eigenvalue weighted by Gasteiger charge is 2.12. The van der Waals surface area contributed by atoms with Crippen molar-refractivity contribution in [2.24, 2.45) is 0 Å². The maximum Gasteiger partial charge on any atom is 0.271 e. The van der Waals surface area contributed by atoms with E-state index in [-0.39, 0.29) is 37.1 Å². The molecule has 1 aromatic carbocycles. The summed E-state index contributed by atoms with van der Waals surface area (Å²) in [6.07, 6.45) is 4.00. The first-order valence-electron chi connectivity index (χ1n) is 8.65. The molecule has 0 bridgehead atoms. The number of aliphatic hydroxyl groups excluding tert-OH is 1. The van der Waals surface area contributed by atoms with Gasteiger partial charge in [0.25, 0.3) is 5.91 Å². The first kappa shape index (κ1) is 18.5. The van der Waals surface area contributed by atoms with E-state index in [1.54, 1.807) is 18.5 Å². The maximum absolute atomic E-state index is 12.2. The Morgan fingerprint density at radius 1 is 1.26 bits per heavy atom. The number of fused-ring (bicyclic) bond motifs is 1. The number of aryl methyl sites for hydroxylation is 1. The summed E-state index contributed by atoms with van der Waals surface area (Å²) in [6.45, 7) is 2.17. The number of hydrogen-bond donors (Lipinski definition) is 3. The van der Waals surface area contributed by atoms with Crippen molar-refractivity contribution >= 4 is 23.1 Å². The zero-order valence-corrected chi connectivity index (χ0v) is 15.0. The van der Waals surface area contributed by atoms with Gasteiger partial charge in [-0.2, -0.15) is 5.10 Å². The molecule has 8 nitrogen and oxygen atoms in total. The molecule has 8 heteroatoms. The van der Waals surface area contributed by atoms with Crippen molar-refractivity contribution in [1.82, 2.24) is 19.9 Å². The first-order valence-corrected chi connectivity index (χ1v) is 8.65. The zero-order chi connectivity index (χ0) is 19.2. The quantitative estimate of drug-likeness (QED) is 0.584. The lowest BCUT2D eigenvalue weighted by Crippen LogP contribution is -2.28. The number of nitrogens with one attached hydrogen (secondary N) is 2. The maximum atomic E-state index is 12.2. The molecule has 0 saturated heterocycles. The van der Waals surface area contributed by atoms with Crippen molar-refractivity contribution in [3.05, 3.63) is 59.5 Å². The third-order valence-electron chi connectivity index (χ3n) is 3.94. The highest BCUT2D eigenvalue weighted by Crippen LogP contribution is 2.10. The topological polar surface area (TPSA) is 109 Å². The van der Waals surface area contributed by atoms with Crippen LogP contribution in [0.25, 0.3) is 5.65 Å². The molecular formula is C19H21N5O3. The van der Waals surface area contributed by atoms with Crippen molar-refractivity contribution in [3.63, 3.8) is 0 Å². The van der Waals surface area contributed by atoms with Gasteiger partial charge in [0.05, 0.1) is 0 Å². The molecule has 0 unspecified atom stereocenters. The van der Waals surface area contributed by atoms with Crippen molar-refractivity contribution in [3.8, 4) is 0 Å². The summed E-state index contributed by atoms with van der Waals surface area (Å²) >= 11 is 0. The molecule has 2 aromatic heterocycles. The van der Waals surface area contributed by atoms with Gasteiger partial charge < -0.3 is 15.7 Å². The lowest BCUT2D eigenvalue weighted by molar-refractivity contribution is -0.116. The highest BCUT2D eigenvalue weighted by molar-refractivity contribution is 5.94. The van der Waals surface area contributed by atoms with Crippen LogP contribution in [0.4, 0.5) is 5.69 Å². The van der Waals surface area contributed by atoms with E-state index in [4.69, 9.17) is 5.11 Å². The van der Waals surface area contributed by atoms with Crippen LogP contribution < -0.4 is 10.6 Å². The Labute approximate surface area is 156 Å². The number of carbonyl (C=O) groups is 2. The third kappa shape index (κ3) is 4.89. The molecule has 0 aliphatic carbocycles. The fraction of sp³-hybridized carbons (Fsp3) is 0.263. The van der Waals surface area contributed by atoms with Gasteiger partial charge in [0, 0.05) is 43.7 Å². The third-order valence-corrected chi connectivity index (χ3v) is 3.94. The average molecular weight is 367 g/mol. The monoisotopic (exact) mass is 367 g/mol. The minimum Gasteiger partial charge on any atom is -0.396 e. The van der Waals surface area contributed by atoms with E-state index in [2.05, 4.69) is 20.7 Å². The normalized spacial score (nSPS) is 10.7. The summed E-state index contributed by atoms with van der Waals surface area (Å²) in [5, 5.41) is 18.7. The van der Waals surface area contributed by atoms with Crippen LogP contribution in [0, 0.1) is 6.92 Å². The lowest BCUT2D eigenvalue weighted by atomic mass is 10.2. The minimum atomic E-state index is -0.368. The molecule has 0 saturated carbocycles. The zero-order valence-electron chi connectivity index (χ0n) is 15.0. The fourth-order valence-electron chi connectivity index (χ4n) is 2.61. The molecule has 0 aliphatic rings. The van der Waals surface area contributed by atoms with E-state index in [1.165, 1.54) is 4.52 Å². The van der Waals surface area contributed by atoms with Gasteiger partial charge in [-0.05, 0) is 36.6 Å². The van der Waals surface area contributed by atoms with Gasteiger partial charge in [0.1, 0.15) is 0 Å². The number of hydrogen-bond acceptors (Lipinski definition) is 5. The second kappa shape index (κ2) is 8.41. The average Bonchev–Trinajstić information content (AvgIpc) is 3.05. The van der Waals surface area contributed by atoms with Crippen LogP contribution in [-0.2, 0) is 11.2 Å². The smallest absolute Gasteiger partial charge is 0.271 e. The number of aliphatic hydroxyl groups is 1. The highest BCUT2D eigenvalue weighted by atomic mass is 16.3. The molecule has 27 heavy (non-hydrogen) atoms. The molecule has 0 fully saturated rings. The predicted molar refractivity (Wildman–Crippen MR) is 101 cm³/mol. The second-order valence-corrected chi connectivity index (χ2v) is 6.19. The van der Waals surface area contributed by atoms with Crippen LogP contribution in [-0.4, -0.2) is 44.7 Å². The van der Waals surface area contributed by atoms with Crippen LogP contribution in [0.1, 0.15) is 28.0 Å². The van der Waals surface area contributed by atoms with Crippen molar-refractivity contribution < 1.29 is 14.7 Å². The van der Waals surface area contributed by atoms with Crippen LogP contribution in [0.2, 0.25) is 0 Å². The standard InChI is InChI=1S/C19H21N5O3/c1-13-3-2-4-15(9-13)22-18(26)5-7-20-19(27)16-10-17-21-11-14(6-8-25)12-24(17)23-16/h2-4,9-12,25H,5-8H2,1H3,(H,20,27)(H,22,26). The van der Waals surface area contributed by atoms with E-state index in [9.17, 15) is 9.59 Å². The first-order chi connectivity index (χ1) is 13.0. The van der Waals surface area contributed by atoms with Gasteiger partial charge in [-0.1, -0.05) is 12.1 Å². The van der Waals surface area contributed by atoms with Gasteiger partial charge in [0.15, 0.2) is 11.3 Å². The summed E-state index contributed by atoms with van der Waals surface area (Å²) in [5.74, 6) is -0.543. The van der Waals surface area contributed by atoms with E-state index in [0.29, 0.717) is 12.1 Å². The molecular weight excluding hydrogens is 346 g/mol. The molecule has 2 amide bonds. The summed E-state index contributed by atoms with van der Waals surface area (Å²) in [7, 11) is 0. The molecule has 3 rings (SSSR count). The molecule has 3 aromatic rings. The number of nitrogens with zero attached hydrogens (tertiary/aromatic N) is 3. The Balaban J connectivity index is 1.53. The summed E-state index contributed by atoms with van der Waals surface area (Å²) < 4.78 is 1.50. The Morgan fingerprint density at radius 2 is 2.11 bits per heavy atom. The largest absolute Gasteiger partial charge is 0.396 e. The van der Waals surface area contributed by atoms with Gasteiger partial charge >= 0.3 is 0 Å². The van der Waals surface area contributed by atoms with Crippen molar-refractivity contribution in [2.75, 3.05) is 18.5 Å². The molecule has 140 valence electrons. The Hall–Kier alpha value is -3.26. The number of anilines is 1. The van der Waals surface area contributed by atoms with E-state index in [0.717, 1.165) is 16.8 Å². The Morgan fingerprint density at radius 3 is 2.89 bits per heavy atom. The molecule has 0 radical (unpaired) electrons. The van der Waals surface area contributed by atoms with E-state index < -0.39 is 0 Å². The van der Waals surface area contributed by atoms with Crippen LogP contribution >= 0.6 is 0 Å². The van der Waals surface area contributed by atoms with Crippen molar-refractivity contribution in [2.45, 2.75) is 19.8 Å². The van der Waals surface area contributed by atoms with Crippen LogP contribution in [0.15, 0.2) is 42.7 Å². The molecule has 0 aliphatic heterocycles. The number of rotatable bonds is 7. The lowest BCUT2D eigenvalue weighted by Gasteiger charge is -2.06. The van der Waals surface area contributed by atoms with Gasteiger partial charge in [0.2, 0.25) is 5.91 Å². The van der Waals surface area contributed by atoms with E-state index >= 15 is 0 Å². The van der Waals surface area contributed by atoms with Crippen molar-refractivity contribution in [1.29, 1.82) is 0 Å². The molecule has 3 N–H and O–H groups in total. The summed E-state index contributed by atoms with van der Waals surface area (Å²) in [6, 6.07) is 9.09. The van der Waals surface area contributed by atoms with Gasteiger partial charge in [-0.3, -0.25) is 9.59 Å². The Kier molecular flexibility index (Phi) is 5.77.